The van der Waals surface area contributed by atoms with Crippen LogP contribution in [0.2, 0.25) is 0 Å². The molecular weight excluding hydrogens is 386 g/mol. The number of para-hydroxylation sites is 2. The second-order valence-corrected chi connectivity index (χ2v) is 7.58. The molecule has 0 saturated heterocycles. The van der Waals surface area contributed by atoms with Crippen LogP contribution in [0.15, 0.2) is 79.0 Å². The maximum absolute atomic E-state index is 12.6. The number of nitrogens with one attached hydrogen (secondary N) is 2. The third-order valence-electron chi connectivity index (χ3n) is 5.18. The molecule has 31 heavy (non-hydrogen) atoms. The SMILES string of the molecule is Cc1cccc(C)c1NC(=O)C(C)Nc1ccc(Oc2cccc3cccnc23)cc1. The summed E-state index contributed by atoms with van der Waals surface area (Å²) < 4.78 is 6.03. The van der Waals surface area contributed by atoms with Gasteiger partial charge in [0.2, 0.25) is 5.91 Å². The summed E-state index contributed by atoms with van der Waals surface area (Å²) in [5.74, 6) is 1.33. The van der Waals surface area contributed by atoms with Crippen molar-refractivity contribution in [1.82, 2.24) is 4.98 Å². The Labute approximate surface area is 182 Å². The minimum absolute atomic E-state index is 0.0837. The molecule has 0 aliphatic rings. The molecule has 0 aliphatic carbocycles. The van der Waals surface area contributed by atoms with Gasteiger partial charge in [-0.1, -0.05) is 36.4 Å². The van der Waals surface area contributed by atoms with Crippen LogP contribution in [0.25, 0.3) is 10.9 Å². The lowest BCUT2D eigenvalue weighted by Gasteiger charge is -2.18. The van der Waals surface area contributed by atoms with Crippen LogP contribution in [0.4, 0.5) is 11.4 Å². The molecule has 0 bridgehead atoms. The van der Waals surface area contributed by atoms with Crippen LogP contribution in [0.5, 0.6) is 11.5 Å². The monoisotopic (exact) mass is 411 g/mol. The van der Waals surface area contributed by atoms with Gasteiger partial charge in [-0.2, -0.15) is 0 Å². The smallest absolute Gasteiger partial charge is 0.246 e. The molecule has 156 valence electrons. The lowest BCUT2D eigenvalue weighted by Crippen LogP contribution is -2.32. The topological polar surface area (TPSA) is 63.2 Å². The van der Waals surface area contributed by atoms with Gasteiger partial charge < -0.3 is 15.4 Å². The molecule has 0 aliphatic heterocycles. The second-order valence-electron chi connectivity index (χ2n) is 7.58. The highest BCUT2D eigenvalue weighted by Gasteiger charge is 2.15. The maximum Gasteiger partial charge on any atom is 0.246 e. The molecule has 5 nitrogen and oxygen atoms in total. The number of pyridine rings is 1. The van der Waals surface area contributed by atoms with Gasteiger partial charge in [-0.15, -0.1) is 0 Å². The van der Waals surface area contributed by atoms with Crippen molar-refractivity contribution in [2.45, 2.75) is 26.8 Å². The number of fused-ring (bicyclic) bond motifs is 1. The minimum atomic E-state index is -0.395. The Balaban J connectivity index is 1.41. The van der Waals surface area contributed by atoms with Crippen LogP contribution in [-0.2, 0) is 4.79 Å². The van der Waals surface area contributed by atoms with Crippen LogP contribution < -0.4 is 15.4 Å². The number of hydrogen-bond donors (Lipinski definition) is 2. The molecule has 4 aromatic rings. The molecule has 5 heteroatoms. The van der Waals surface area contributed by atoms with Crippen molar-refractivity contribution in [3.8, 4) is 11.5 Å². The number of aromatic nitrogens is 1. The molecule has 1 atom stereocenters. The summed E-state index contributed by atoms with van der Waals surface area (Å²) in [5.41, 5.74) is 4.63. The van der Waals surface area contributed by atoms with Gasteiger partial charge in [0, 0.05) is 23.0 Å². The Morgan fingerprint density at radius 3 is 2.32 bits per heavy atom. The predicted molar refractivity (Wildman–Crippen MR) is 126 cm³/mol. The average Bonchev–Trinajstić information content (AvgIpc) is 2.78. The first-order valence-corrected chi connectivity index (χ1v) is 10.3. The summed E-state index contributed by atoms with van der Waals surface area (Å²) in [6.45, 7) is 5.82. The number of rotatable bonds is 6. The van der Waals surface area contributed by atoms with Gasteiger partial charge in [0.15, 0.2) is 5.75 Å². The second kappa shape index (κ2) is 8.88. The summed E-state index contributed by atoms with van der Waals surface area (Å²) in [7, 11) is 0. The van der Waals surface area contributed by atoms with E-state index >= 15 is 0 Å². The lowest BCUT2D eigenvalue weighted by atomic mass is 10.1. The van der Waals surface area contributed by atoms with E-state index in [0.717, 1.165) is 33.4 Å². The summed E-state index contributed by atoms with van der Waals surface area (Å²) >= 11 is 0. The van der Waals surface area contributed by atoms with E-state index in [2.05, 4.69) is 15.6 Å². The van der Waals surface area contributed by atoms with Gasteiger partial charge in [-0.25, -0.2) is 0 Å². The van der Waals surface area contributed by atoms with E-state index in [4.69, 9.17) is 4.74 Å². The van der Waals surface area contributed by atoms with Crippen molar-refractivity contribution in [3.05, 3.63) is 90.1 Å². The highest BCUT2D eigenvalue weighted by Crippen LogP contribution is 2.29. The summed E-state index contributed by atoms with van der Waals surface area (Å²) in [4.78, 5) is 17.1. The van der Waals surface area contributed by atoms with E-state index in [1.165, 1.54) is 0 Å². The summed E-state index contributed by atoms with van der Waals surface area (Å²) in [6, 6.07) is 22.9. The Kier molecular flexibility index (Phi) is 5.85. The van der Waals surface area contributed by atoms with Gasteiger partial charge in [0.1, 0.15) is 17.3 Å². The van der Waals surface area contributed by atoms with E-state index in [1.54, 1.807) is 6.20 Å². The van der Waals surface area contributed by atoms with Gasteiger partial charge in [-0.3, -0.25) is 9.78 Å². The highest BCUT2D eigenvalue weighted by atomic mass is 16.5. The van der Waals surface area contributed by atoms with Gasteiger partial charge in [0.05, 0.1) is 0 Å². The number of carbonyl (C=O) groups excluding carboxylic acids is 1. The van der Waals surface area contributed by atoms with Crippen LogP contribution in [0, 0.1) is 13.8 Å². The van der Waals surface area contributed by atoms with E-state index in [0.29, 0.717) is 11.5 Å². The Hall–Kier alpha value is -3.86. The molecule has 2 N–H and O–H groups in total. The molecule has 0 saturated carbocycles. The van der Waals surface area contributed by atoms with Crippen molar-refractivity contribution < 1.29 is 9.53 Å². The van der Waals surface area contributed by atoms with Gasteiger partial charge in [-0.05, 0) is 68.3 Å². The van der Waals surface area contributed by atoms with E-state index in [1.807, 2.05) is 93.6 Å². The van der Waals surface area contributed by atoms with Crippen molar-refractivity contribution in [1.29, 1.82) is 0 Å². The minimum Gasteiger partial charge on any atom is -0.455 e. The van der Waals surface area contributed by atoms with Crippen molar-refractivity contribution in [2.24, 2.45) is 0 Å². The number of nitrogens with zero attached hydrogens (tertiary/aromatic N) is 1. The Morgan fingerprint density at radius 1 is 0.903 bits per heavy atom. The number of benzene rings is 3. The molecule has 1 amide bonds. The predicted octanol–water partition coefficient (Wildman–Crippen LogP) is 6.08. The maximum atomic E-state index is 12.6. The fourth-order valence-electron chi connectivity index (χ4n) is 3.46. The quantitative estimate of drug-likeness (QED) is 0.403. The zero-order valence-corrected chi connectivity index (χ0v) is 17.8. The van der Waals surface area contributed by atoms with Crippen LogP contribution in [0.1, 0.15) is 18.1 Å². The zero-order chi connectivity index (χ0) is 21.8. The fraction of sp³-hybridized carbons (Fsp3) is 0.154. The summed E-state index contributed by atoms with van der Waals surface area (Å²) in [6.07, 6.45) is 1.76. The third-order valence-corrected chi connectivity index (χ3v) is 5.18. The van der Waals surface area contributed by atoms with Crippen molar-refractivity contribution in [2.75, 3.05) is 10.6 Å². The first-order valence-electron chi connectivity index (χ1n) is 10.3. The Morgan fingerprint density at radius 2 is 1.58 bits per heavy atom. The Bertz CT molecular complexity index is 1190. The van der Waals surface area contributed by atoms with Crippen LogP contribution in [-0.4, -0.2) is 16.9 Å². The van der Waals surface area contributed by atoms with E-state index < -0.39 is 6.04 Å². The van der Waals surface area contributed by atoms with Crippen molar-refractivity contribution in [3.63, 3.8) is 0 Å². The molecule has 0 fully saturated rings. The lowest BCUT2D eigenvalue weighted by molar-refractivity contribution is -0.116. The first kappa shape index (κ1) is 20.4. The molecule has 1 heterocycles. The standard InChI is InChI=1S/C26H25N3O2/c1-17-7-4-8-18(2)24(17)29-26(30)19(3)28-21-12-14-22(15-13-21)31-23-11-5-9-20-10-6-16-27-25(20)23/h4-16,19,28H,1-3H3,(H,29,30). The number of hydrogen-bond acceptors (Lipinski definition) is 4. The molecule has 0 spiro atoms. The average molecular weight is 412 g/mol. The van der Waals surface area contributed by atoms with Crippen LogP contribution >= 0.6 is 0 Å². The largest absolute Gasteiger partial charge is 0.455 e. The van der Waals surface area contributed by atoms with Gasteiger partial charge >= 0.3 is 0 Å². The number of anilines is 2. The fourth-order valence-corrected chi connectivity index (χ4v) is 3.46. The van der Waals surface area contributed by atoms with E-state index in [-0.39, 0.29) is 5.91 Å². The molecular formula is C26H25N3O2. The zero-order valence-electron chi connectivity index (χ0n) is 17.8. The van der Waals surface area contributed by atoms with E-state index in [9.17, 15) is 4.79 Å². The normalized spacial score (nSPS) is 11.7. The number of ether oxygens (including phenoxy) is 1. The molecule has 1 aromatic heterocycles. The molecule has 0 radical (unpaired) electrons. The van der Waals surface area contributed by atoms with Crippen molar-refractivity contribution >= 4 is 28.2 Å². The molecule has 1 unspecified atom stereocenters. The highest BCUT2D eigenvalue weighted by molar-refractivity contribution is 5.97. The first-order chi connectivity index (χ1) is 15.0. The third kappa shape index (κ3) is 4.67. The molecule has 3 aromatic carbocycles. The van der Waals surface area contributed by atoms with Crippen LogP contribution in [0.3, 0.4) is 0 Å². The van der Waals surface area contributed by atoms with Gasteiger partial charge in [0.25, 0.3) is 0 Å². The summed E-state index contributed by atoms with van der Waals surface area (Å²) in [5, 5.41) is 7.30. The number of carbonyl (C=O) groups is 1. The number of amides is 1. The molecule has 4 rings (SSSR count). The number of aryl methyl sites for hydroxylation is 2.